The summed E-state index contributed by atoms with van der Waals surface area (Å²) in [6.07, 6.45) is 6.68. The molecule has 0 unspecified atom stereocenters. The van der Waals surface area contributed by atoms with Gasteiger partial charge >= 0.3 is 6.01 Å². The summed E-state index contributed by atoms with van der Waals surface area (Å²) in [6, 6.07) is 5.09. The van der Waals surface area contributed by atoms with E-state index in [0.717, 1.165) is 36.8 Å². The third kappa shape index (κ3) is 3.37. The molecule has 0 bridgehead atoms. The van der Waals surface area contributed by atoms with Gasteiger partial charge < -0.3 is 25.7 Å². The number of ether oxygens (including phenoxy) is 1. The fraction of sp³-hybridized carbons (Fsp3) is 0.273. The topological polar surface area (TPSA) is 122 Å². The largest absolute Gasteiger partial charge is 0.421 e. The van der Waals surface area contributed by atoms with Gasteiger partial charge in [0.05, 0.1) is 35.2 Å². The second-order valence-corrected chi connectivity index (χ2v) is 8.15. The number of hydrogen-bond donors (Lipinski definition) is 3. The molecular formula is C22H22FN9O. The fourth-order valence-corrected chi connectivity index (χ4v) is 4.36. The number of halogens is 1. The highest BCUT2D eigenvalue weighted by Gasteiger charge is 2.24. The Bertz CT molecular complexity index is 1490. The molecule has 11 heteroatoms. The molecular weight excluding hydrogens is 425 g/mol. The molecule has 1 aliphatic rings. The Kier molecular flexibility index (Phi) is 4.50. The van der Waals surface area contributed by atoms with Crippen LogP contribution < -0.4 is 20.7 Å². The van der Waals surface area contributed by atoms with Crippen molar-refractivity contribution >= 4 is 39.1 Å². The molecule has 168 valence electrons. The van der Waals surface area contributed by atoms with Crippen molar-refractivity contribution in [3.8, 4) is 11.8 Å². The summed E-state index contributed by atoms with van der Waals surface area (Å²) < 4.78 is 22.0. The molecule has 0 amide bonds. The van der Waals surface area contributed by atoms with Crippen LogP contribution in [0.2, 0.25) is 0 Å². The molecule has 1 aromatic carbocycles. The number of aromatic nitrogens is 6. The van der Waals surface area contributed by atoms with Crippen LogP contribution in [0.4, 0.5) is 15.9 Å². The van der Waals surface area contributed by atoms with Gasteiger partial charge in [0.25, 0.3) is 0 Å². The van der Waals surface area contributed by atoms with Crippen molar-refractivity contribution < 1.29 is 9.13 Å². The average molecular weight is 447 g/mol. The minimum Gasteiger partial charge on any atom is -0.421 e. The number of H-pyrrole nitrogens is 1. The summed E-state index contributed by atoms with van der Waals surface area (Å²) in [6.45, 7) is 1.49. The van der Waals surface area contributed by atoms with E-state index in [1.54, 1.807) is 36.2 Å². The Hall–Kier alpha value is -3.99. The molecule has 4 N–H and O–H groups in total. The SMILES string of the molecule is CNc1cc(F)cc2c1[nH]c1nc(Oc3cnc4ccnn4c3)nc(N3CCC(N)CC3)c12. The highest BCUT2D eigenvalue weighted by atomic mass is 19.1. The van der Waals surface area contributed by atoms with Crippen LogP contribution in [0.3, 0.4) is 0 Å². The van der Waals surface area contributed by atoms with Crippen LogP contribution in [0.15, 0.2) is 36.8 Å². The Morgan fingerprint density at radius 2 is 2.09 bits per heavy atom. The van der Waals surface area contributed by atoms with Crippen LogP contribution in [-0.2, 0) is 0 Å². The van der Waals surface area contributed by atoms with Gasteiger partial charge in [-0.1, -0.05) is 0 Å². The third-order valence-corrected chi connectivity index (χ3v) is 6.03. The maximum absolute atomic E-state index is 14.4. The van der Waals surface area contributed by atoms with Crippen LogP contribution in [0.25, 0.3) is 27.6 Å². The molecule has 1 aliphatic heterocycles. The number of anilines is 2. The Morgan fingerprint density at radius 3 is 2.91 bits per heavy atom. The minimum atomic E-state index is -0.335. The van der Waals surface area contributed by atoms with Crippen LogP contribution >= 0.6 is 0 Å². The Labute approximate surface area is 187 Å². The zero-order chi connectivity index (χ0) is 22.5. The zero-order valence-corrected chi connectivity index (χ0v) is 17.9. The molecule has 1 fully saturated rings. The smallest absolute Gasteiger partial charge is 0.326 e. The van der Waals surface area contributed by atoms with E-state index in [1.807, 2.05) is 0 Å². The first kappa shape index (κ1) is 19.7. The predicted molar refractivity (Wildman–Crippen MR) is 123 cm³/mol. The minimum absolute atomic E-state index is 0.164. The van der Waals surface area contributed by atoms with Crippen LogP contribution in [-0.4, -0.2) is 55.7 Å². The first-order valence-corrected chi connectivity index (χ1v) is 10.8. The molecule has 0 aliphatic carbocycles. The van der Waals surface area contributed by atoms with Gasteiger partial charge in [-0.05, 0) is 25.0 Å². The van der Waals surface area contributed by atoms with Gasteiger partial charge in [0, 0.05) is 37.6 Å². The summed E-state index contributed by atoms with van der Waals surface area (Å²) >= 11 is 0. The van der Waals surface area contributed by atoms with Gasteiger partial charge in [0.2, 0.25) is 0 Å². The molecule has 0 atom stereocenters. The maximum Gasteiger partial charge on any atom is 0.326 e. The first-order valence-electron chi connectivity index (χ1n) is 10.8. The highest BCUT2D eigenvalue weighted by Crippen LogP contribution is 2.37. The summed E-state index contributed by atoms with van der Waals surface area (Å²) in [4.78, 5) is 19.2. The molecule has 33 heavy (non-hydrogen) atoms. The van der Waals surface area contributed by atoms with E-state index in [9.17, 15) is 4.39 Å². The number of fused-ring (bicyclic) bond motifs is 4. The number of rotatable bonds is 4. The van der Waals surface area contributed by atoms with E-state index in [-0.39, 0.29) is 17.9 Å². The third-order valence-electron chi connectivity index (χ3n) is 6.03. The lowest BCUT2D eigenvalue weighted by atomic mass is 10.1. The van der Waals surface area contributed by atoms with E-state index in [4.69, 9.17) is 15.5 Å². The fourth-order valence-electron chi connectivity index (χ4n) is 4.36. The van der Waals surface area contributed by atoms with Gasteiger partial charge in [-0.25, -0.2) is 13.9 Å². The molecule has 0 spiro atoms. The number of piperidine rings is 1. The first-order chi connectivity index (χ1) is 16.1. The number of nitrogens with two attached hydrogens (primary N) is 1. The Balaban J connectivity index is 1.52. The molecule has 4 aromatic heterocycles. The van der Waals surface area contributed by atoms with Crippen molar-refractivity contribution in [1.29, 1.82) is 0 Å². The quantitative estimate of drug-likeness (QED) is 0.384. The van der Waals surface area contributed by atoms with E-state index < -0.39 is 0 Å². The van der Waals surface area contributed by atoms with E-state index >= 15 is 0 Å². The van der Waals surface area contributed by atoms with Crippen LogP contribution in [0, 0.1) is 5.82 Å². The van der Waals surface area contributed by atoms with E-state index in [2.05, 4.69) is 30.3 Å². The van der Waals surface area contributed by atoms with E-state index in [0.29, 0.717) is 33.9 Å². The predicted octanol–water partition coefficient (Wildman–Crippen LogP) is 3.05. The number of hydrogen-bond acceptors (Lipinski definition) is 8. The molecule has 5 heterocycles. The molecule has 0 radical (unpaired) electrons. The molecule has 1 saturated heterocycles. The van der Waals surface area contributed by atoms with Crippen molar-refractivity contribution in [3.05, 3.63) is 42.6 Å². The number of aromatic amines is 1. The van der Waals surface area contributed by atoms with Crippen molar-refractivity contribution in [2.24, 2.45) is 5.73 Å². The monoisotopic (exact) mass is 447 g/mol. The number of benzene rings is 1. The Morgan fingerprint density at radius 1 is 1.24 bits per heavy atom. The van der Waals surface area contributed by atoms with Gasteiger partial charge in [0.1, 0.15) is 17.3 Å². The van der Waals surface area contributed by atoms with Crippen molar-refractivity contribution in [2.45, 2.75) is 18.9 Å². The van der Waals surface area contributed by atoms with Gasteiger partial charge in [-0.3, -0.25) is 0 Å². The van der Waals surface area contributed by atoms with Crippen molar-refractivity contribution in [2.75, 3.05) is 30.4 Å². The normalized spacial score (nSPS) is 15.1. The molecule has 5 aromatic rings. The maximum atomic E-state index is 14.4. The van der Waals surface area contributed by atoms with Crippen molar-refractivity contribution in [3.63, 3.8) is 0 Å². The second-order valence-electron chi connectivity index (χ2n) is 8.15. The van der Waals surface area contributed by atoms with Crippen LogP contribution in [0.5, 0.6) is 11.8 Å². The molecule has 10 nitrogen and oxygen atoms in total. The lowest BCUT2D eigenvalue weighted by Gasteiger charge is -2.31. The van der Waals surface area contributed by atoms with E-state index in [1.165, 1.54) is 12.1 Å². The lowest BCUT2D eigenvalue weighted by molar-refractivity contribution is 0.436. The van der Waals surface area contributed by atoms with Gasteiger partial charge in [-0.2, -0.15) is 15.1 Å². The standard InChI is InChI=1S/C22H22FN9O/c1-25-16-9-12(23)8-15-18-20(28-19(15)16)29-22(30-21(18)31-6-3-13(24)4-7-31)33-14-10-26-17-2-5-27-32(17)11-14/h2,5,8-11,13,25H,3-4,6-7,24H2,1H3,(H,28,29,30). The molecule has 6 rings (SSSR count). The van der Waals surface area contributed by atoms with Crippen LogP contribution in [0.1, 0.15) is 12.8 Å². The lowest BCUT2D eigenvalue weighted by Crippen LogP contribution is -2.40. The molecule has 0 saturated carbocycles. The number of nitrogens with one attached hydrogen (secondary N) is 2. The summed E-state index contributed by atoms with van der Waals surface area (Å²) in [5.41, 5.74) is 8.80. The average Bonchev–Trinajstić information content (AvgIpc) is 3.42. The van der Waals surface area contributed by atoms with Gasteiger partial charge in [-0.15, -0.1) is 0 Å². The summed E-state index contributed by atoms with van der Waals surface area (Å²) in [5, 5.41) is 8.70. The summed E-state index contributed by atoms with van der Waals surface area (Å²) in [5.74, 6) is 0.808. The highest BCUT2D eigenvalue weighted by molar-refractivity contribution is 6.14. The number of nitrogens with zero attached hydrogens (tertiary/aromatic N) is 6. The second kappa shape index (κ2) is 7.55. The zero-order valence-electron chi connectivity index (χ0n) is 17.9. The van der Waals surface area contributed by atoms with Crippen molar-refractivity contribution in [1.82, 2.24) is 29.5 Å². The summed E-state index contributed by atoms with van der Waals surface area (Å²) in [7, 11) is 1.76. The van der Waals surface area contributed by atoms with Gasteiger partial charge in [0.15, 0.2) is 11.4 Å².